The Morgan fingerprint density at radius 1 is 1.09 bits per heavy atom. The molecule has 2 nitrogen and oxygen atoms in total. The number of rotatable bonds is 3. The maximum Gasteiger partial charge on any atom is 0.307 e. The molecule has 0 amide bonds. The van der Waals surface area contributed by atoms with Crippen molar-refractivity contribution in [2.45, 2.75) is 13.3 Å². The van der Waals surface area contributed by atoms with E-state index in [1.807, 2.05) is 0 Å². The van der Waals surface area contributed by atoms with Gasteiger partial charge in [0, 0.05) is 0 Å². The van der Waals surface area contributed by atoms with E-state index < -0.39 is 11.8 Å². The molecule has 0 bridgehead atoms. The predicted octanol–water partition coefficient (Wildman–Crippen LogP) is 4.77. The van der Waals surface area contributed by atoms with Crippen molar-refractivity contribution in [2.75, 3.05) is 0 Å². The maximum atomic E-state index is 13.6. The van der Waals surface area contributed by atoms with Crippen molar-refractivity contribution in [3.8, 4) is 0 Å². The number of carboxylic acid groups (broad SMARTS) is 1. The first-order valence-electron chi connectivity index (χ1n) is 7.15. The largest absolute Gasteiger partial charge is 0.481 e. The average molecular weight is 312 g/mol. The van der Waals surface area contributed by atoms with E-state index in [9.17, 15) is 13.6 Å². The molecule has 2 aromatic carbocycles. The molecule has 0 atom stereocenters. The van der Waals surface area contributed by atoms with Crippen LogP contribution in [0.25, 0.3) is 17.2 Å². The van der Waals surface area contributed by atoms with Gasteiger partial charge in [-0.2, -0.15) is 0 Å². The predicted molar refractivity (Wildman–Crippen MR) is 85.5 cm³/mol. The maximum absolute atomic E-state index is 13.6. The molecule has 1 N–H and O–H groups in total. The van der Waals surface area contributed by atoms with Crippen molar-refractivity contribution >= 4 is 23.2 Å². The summed E-state index contributed by atoms with van der Waals surface area (Å²) in [6, 6.07) is 10.5. The molecule has 0 aromatic heterocycles. The van der Waals surface area contributed by atoms with Gasteiger partial charge in [0.15, 0.2) is 0 Å². The van der Waals surface area contributed by atoms with Gasteiger partial charge in [0.2, 0.25) is 0 Å². The summed E-state index contributed by atoms with van der Waals surface area (Å²) in [6.45, 7) is 1.81. The van der Waals surface area contributed by atoms with Gasteiger partial charge in [-0.25, -0.2) is 8.78 Å². The Labute approximate surface area is 132 Å². The van der Waals surface area contributed by atoms with E-state index in [0.29, 0.717) is 16.7 Å². The Hall–Kier alpha value is -2.75. The molecule has 0 unspecified atom stereocenters. The van der Waals surface area contributed by atoms with Crippen LogP contribution in [0, 0.1) is 11.6 Å². The van der Waals surface area contributed by atoms with E-state index in [4.69, 9.17) is 5.11 Å². The molecule has 0 heterocycles. The summed E-state index contributed by atoms with van der Waals surface area (Å²) < 4.78 is 26.9. The third-order valence-corrected chi connectivity index (χ3v) is 3.94. The fourth-order valence-corrected chi connectivity index (χ4v) is 2.90. The second kappa shape index (κ2) is 5.80. The number of carboxylic acids is 1. The van der Waals surface area contributed by atoms with Crippen LogP contribution in [0.5, 0.6) is 0 Å². The van der Waals surface area contributed by atoms with E-state index in [1.165, 1.54) is 24.3 Å². The minimum absolute atomic E-state index is 0.178. The van der Waals surface area contributed by atoms with Crippen LogP contribution in [-0.4, -0.2) is 11.1 Å². The quantitative estimate of drug-likeness (QED) is 0.886. The van der Waals surface area contributed by atoms with Crippen LogP contribution in [0.2, 0.25) is 0 Å². The monoisotopic (exact) mass is 312 g/mol. The van der Waals surface area contributed by atoms with Crippen LogP contribution >= 0.6 is 0 Å². The summed E-state index contributed by atoms with van der Waals surface area (Å²) in [5.74, 6) is -1.72. The van der Waals surface area contributed by atoms with E-state index in [-0.39, 0.29) is 12.2 Å². The van der Waals surface area contributed by atoms with Crippen LogP contribution < -0.4 is 0 Å². The first-order chi connectivity index (χ1) is 11.0. The zero-order valence-electron chi connectivity index (χ0n) is 12.4. The SMILES string of the molecule is CC1=C(CC(=O)O)c2cc(F)ccc2/C1=C\c1cccc(F)c1. The lowest BCUT2D eigenvalue weighted by Gasteiger charge is -2.04. The molecule has 1 aliphatic rings. The van der Waals surface area contributed by atoms with Crippen LogP contribution in [0.15, 0.2) is 48.0 Å². The lowest BCUT2D eigenvalue weighted by atomic mass is 10.0. The fraction of sp³-hybridized carbons (Fsp3) is 0.105. The summed E-state index contributed by atoms with van der Waals surface area (Å²) in [4.78, 5) is 11.1. The van der Waals surface area contributed by atoms with Crippen molar-refractivity contribution < 1.29 is 18.7 Å². The molecule has 0 radical (unpaired) electrons. The number of benzene rings is 2. The number of hydrogen-bond donors (Lipinski definition) is 1. The van der Waals surface area contributed by atoms with Crippen molar-refractivity contribution in [3.63, 3.8) is 0 Å². The first-order valence-corrected chi connectivity index (χ1v) is 7.15. The van der Waals surface area contributed by atoms with Crippen LogP contribution in [-0.2, 0) is 4.79 Å². The zero-order valence-corrected chi connectivity index (χ0v) is 12.4. The van der Waals surface area contributed by atoms with Crippen LogP contribution in [0.1, 0.15) is 30.0 Å². The standard InChI is InChI=1S/C19H14F2O2/c1-11-16(8-12-3-2-4-13(20)7-12)15-6-5-14(21)9-18(15)17(11)10-19(22)23/h2-9H,10H2,1H3,(H,22,23)/b16-8-. The van der Waals surface area contributed by atoms with Crippen LogP contribution in [0.3, 0.4) is 0 Å². The second-order valence-corrected chi connectivity index (χ2v) is 5.48. The summed E-state index contributed by atoms with van der Waals surface area (Å²) >= 11 is 0. The smallest absolute Gasteiger partial charge is 0.307 e. The molecule has 23 heavy (non-hydrogen) atoms. The summed E-state index contributed by atoms with van der Waals surface area (Å²) in [5, 5.41) is 9.10. The van der Waals surface area contributed by atoms with Gasteiger partial charge in [-0.3, -0.25) is 4.79 Å². The highest BCUT2D eigenvalue weighted by Gasteiger charge is 2.25. The van der Waals surface area contributed by atoms with Gasteiger partial charge in [0.1, 0.15) is 11.6 Å². The van der Waals surface area contributed by atoms with Gasteiger partial charge >= 0.3 is 5.97 Å². The third kappa shape index (κ3) is 2.93. The molecule has 1 aliphatic carbocycles. The first kappa shape index (κ1) is 15.2. The van der Waals surface area contributed by atoms with Gasteiger partial charge in [-0.1, -0.05) is 18.2 Å². The normalized spacial score (nSPS) is 15.2. The summed E-state index contributed by atoms with van der Waals surface area (Å²) in [7, 11) is 0. The molecule has 0 fully saturated rings. The van der Waals surface area contributed by atoms with E-state index in [1.54, 1.807) is 31.2 Å². The average Bonchev–Trinajstić information content (AvgIpc) is 2.72. The Kier molecular flexibility index (Phi) is 3.82. The van der Waals surface area contributed by atoms with Gasteiger partial charge in [-0.15, -0.1) is 0 Å². The highest BCUT2D eigenvalue weighted by Crippen LogP contribution is 2.43. The minimum Gasteiger partial charge on any atom is -0.481 e. The van der Waals surface area contributed by atoms with Crippen molar-refractivity contribution in [1.82, 2.24) is 0 Å². The highest BCUT2D eigenvalue weighted by molar-refractivity contribution is 6.07. The molecule has 4 heteroatoms. The highest BCUT2D eigenvalue weighted by atomic mass is 19.1. The number of fused-ring (bicyclic) bond motifs is 1. The van der Waals surface area contributed by atoms with Crippen molar-refractivity contribution in [1.29, 1.82) is 0 Å². The molecule has 116 valence electrons. The number of hydrogen-bond acceptors (Lipinski definition) is 1. The topological polar surface area (TPSA) is 37.3 Å². The lowest BCUT2D eigenvalue weighted by molar-refractivity contribution is -0.135. The Balaban J connectivity index is 2.17. The van der Waals surface area contributed by atoms with Crippen molar-refractivity contribution in [2.24, 2.45) is 0 Å². The molecule has 3 rings (SSSR count). The molecule has 0 saturated heterocycles. The molecule has 2 aromatic rings. The second-order valence-electron chi connectivity index (χ2n) is 5.48. The fourth-order valence-electron chi connectivity index (χ4n) is 2.90. The molecule has 0 spiro atoms. The summed E-state index contributed by atoms with van der Waals surface area (Å²) in [6.07, 6.45) is 1.62. The van der Waals surface area contributed by atoms with Gasteiger partial charge in [-0.05, 0) is 70.7 Å². The van der Waals surface area contributed by atoms with Crippen molar-refractivity contribution in [3.05, 3.63) is 76.4 Å². The van der Waals surface area contributed by atoms with Crippen LogP contribution in [0.4, 0.5) is 8.78 Å². The lowest BCUT2D eigenvalue weighted by Crippen LogP contribution is -1.97. The molecular formula is C19H14F2O2. The number of aliphatic carboxylic acids is 1. The zero-order chi connectivity index (χ0) is 16.6. The van der Waals surface area contributed by atoms with E-state index >= 15 is 0 Å². The molecular weight excluding hydrogens is 298 g/mol. The Bertz CT molecular complexity index is 863. The van der Waals surface area contributed by atoms with Gasteiger partial charge < -0.3 is 5.11 Å². The minimum atomic E-state index is -0.971. The number of allylic oxidation sites excluding steroid dienone is 2. The summed E-state index contributed by atoms with van der Waals surface area (Å²) in [5.41, 5.74) is 4.19. The number of halogens is 2. The molecule has 0 saturated carbocycles. The van der Waals surface area contributed by atoms with E-state index in [0.717, 1.165) is 16.7 Å². The van der Waals surface area contributed by atoms with Gasteiger partial charge in [0.25, 0.3) is 0 Å². The molecule has 0 aliphatic heterocycles. The van der Waals surface area contributed by atoms with Gasteiger partial charge in [0.05, 0.1) is 6.42 Å². The Morgan fingerprint density at radius 3 is 2.52 bits per heavy atom. The number of carbonyl (C=O) groups is 1. The third-order valence-electron chi connectivity index (χ3n) is 3.94. The Morgan fingerprint density at radius 2 is 1.83 bits per heavy atom. The van der Waals surface area contributed by atoms with E-state index in [2.05, 4.69) is 0 Å².